The smallest absolute Gasteiger partial charge is 0.0861 e. The lowest BCUT2D eigenvalue weighted by molar-refractivity contribution is 0.530. The second kappa shape index (κ2) is 6.66. The van der Waals surface area contributed by atoms with Gasteiger partial charge in [0, 0.05) is 6.54 Å². The van der Waals surface area contributed by atoms with Crippen molar-refractivity contribution in [3.63, 3.8) is 0 Å². The van der Waals surface area contributed by atoms with Gasteiger partial charge in [0.25, 0.3) is 0 Å². The van der Waals surface area contributed by atoms with Gasteiger partial charge in [0.15, 0.2) is 0 Å². The lowest BCUT2D eigenvalue weighted by atomic mass is 10.0. The minimum Gasteiger partial charge on any atom is -0.249 e. The van der Waals surface area contributed by atoms with Crippen molar-refractivity contribution in [2.45, 2.75) is 66.3 Å². The fourth-order valence-electron chi connectivity index (χ4n) is 1.91. The highest BCUT2D eigenvalue weighted by Gasteiger charge is 2.12. The van der Waals surface area contributed by atoms with Gasteiger partial charge in [-0.25, -0.2) is 4.68 Å². The van der Waals surface area contributed by atoms with Gasteiger partial charge in [0.2, 0.25) is 0 Å². The maximum absolute atomic E-state index is 4.34. The summed E-state index contributed by atoms with van der Waals surface area (Å²) in [5, 5.41) is 8.63. The van der Waals surface area contributed by atoms with Gasteiger partial charge in [-0.15, -0.1) is 5.10 Å². The highest BCUT2D eigenvalue weighted by atomic mass is 15.4. The summed E-state index contributed by atoms with van der Waals surface area (Å²) in [5.41, 5.74) is 2.58. The van der Waals surface area contributed by atoms with Crippen molar-refractivity contribution in [3.05, 3.63) is 11.4 Å². The molecule has 1 aromatic heterocycles. The van der Waals surface area contributed by atoms with E-state index in [2.05, 4.69) is 42.7 Å². The van der Waals surface area contributed by atoms with Gasteiger partial charge in [-0.1, -0.05) is 45.7 Å². The van der Waals surface area contributed by atoms with E-state index in [-0.39, 0.29) is 0 Å². The number of nitrogens with zero attached hydrogens (tertiary/aromatic N) is 3. The molecule has 0 saturated heterocycles. The van der Waals surface area contributed by atoms with Crippen LogP contribution >= 0.6 is 0 Å². The summed E-state index contributed by atoms with van der Waals surface area (Å²) < 4.78 is 2.12. The highest BCUT2D eigenvalue weighted by molar-refractivity contribution is 5.11. The third-order valence-electron chi connectivity index (χ3n) is 2.73. The molecule has 0 aliphatic heterocycles. The van der Waals surface area contributed by atoms with Gasteiger partial charge in [-0.05, 0) is 25.2 Å². The lowest BCUT2D eigenvalue weighted by Gasteiger charge is -2.07. The van der Waals surface area contributed by atoms with E-state index in [1.807, 2.05) is 0 Å². The van der Waals surface area contributed by atoms with Crippen LogP contribution in [-0.4, -0.2) is 15.0 Å². The largest absolute Gasteiger partial charge is 0.249 e. The van der Waals surface area contributed by atoms with Crippen molar-refractivity contribution in [1.29, 1.82) is 0 Å². The first-order valence-corrected chi connectivity index (χ1v) is 6.60. The molecule has 0 atom stereocenters. The lowest BCUT2D eigenvalue weighted by Crippen LogP contribution is -2.07. The van der Waals surface area contributed by atoms with E-state index in [1.54, 1.807) is 0 Å². The molecule has 0 radical (unpaired) electrons. The first kappa shape index (κ1) is 13.2. The summed E-state index contributed by atoms with van der Waals surface area (Å²) >= 11 is 0. The van der Waals surface area contributed by atoms with Crippen LogP contribution in [-0.2, 0) is 19.4 Å². The van der Waals surface area contributed by atoms with Crippen molar-refractivity contribution < 1.29 is 0 Å². The van der Waals surface area contributed by atoms with Crippen LogP contribution in [0.5, 0.6) is 0 Å². The summed E-state index contributed by atoms with van der Waals surface area (Å²) in [6, 6.07) is 0. The Balaban J connectivity index is 2.79. The molecule has 3 nitrogen and oxygen atoms in total. The predicted molar refractivity (Wildman–Crippen MR) is 67.5 cm³/mol. The van der Waals surface area contributed by atoms with E-state index >= 15 is 0 Å². The number of unbranched alkanes of at least 4 members (excludes halogenated alkanes) is 1. The molecule has 0 bridgehead atoms. The van der Waals surface area contributed by atoms with Crippen molar-refractivity contribution in [3.8, 4) is 0 Å². The quantitative estimate of drug-likeness (QED) is 0.710. The topological polar surface area (TPSA) is 30.7 Å². The van der Waals surface area contributed by atoms with Gasteiger partial charge in [-0.2, -0.15) is 0 Å². The average Bonchev–Trinajstić information content (AvgIpc) is 2.59. The Labute approximate surface area is 99.2 Å². The summed E-state index contributed by atoms with van der Waals surface area (Å²) in [6.07, 6.45) is 5.75. The van der Waals surface area contributed by atoms with Gasteiger partial charge < -0.3 is 0 Å². The van der Waals surface area contributed by atoms with Crippen LogP contribution in [0, 0.1) is 5.92 Å². The molecule has 16 heavy (non-hydrogen) atoms. The standard InChI is InChI=1S/C13H25N3/c1-5-7-9-16-13(8-6-2)12(14-15-16)10-11(3)4/h11H,5-10H2,1-4H3. The summed E-state index contributed by atoms with van der Waals surface area (Å²) in [6.45, 7) is 9.93. The molecule has 0 saturated carbocycles. The maximum atomic E-state index is 4.34. The predicted octanol–water partition coefficient (Wildman–Crippen LogP) is 3.23. The Kier molecular flexibility index (Phi) is 5.50. The van der Waals surface area contributed by atoms with E-state index < -0.39 is 0 Å². The van der Waals surface area contributed by atoms with Crippen molar-refractivity contribution in [2.24, 2.45) is 5.92 Å². The van der Waals surface area contributed by atoms with E-state index in [4.69, 9.17) is 0 Å². The normalized spacial score (nSPS) is 11.3. The SMILES string of the molecule is CCCCn1nnc(CC(C)C)c1CCC. The Bertz CT molecular complexity index is 302. The van der Waals surface area contributed by atoms with Crippen LogP contribution in [0.15, 0.2) is 0 Å². The zero-order chi connectivity index (χ0) is 12.0. The summed E-state index contributed by atoms with van der Waals surface area (Å²) in [7, 11) is 0. The molecule has 1 aromatic rings. The molecule has 0 aliphatic carbocycles. The Morgan fingerprint density at radius 3 is 2.50 bits per heavy atom. The van der Waals surface area contributed by atoms with Crippen LogP contribution in [0.1, 0.15) is 58.3 Å². The summed E-state index contributed by atoms with van der Waals surface area (Å²) in [4.78, 5) is 0. The minimum absolute atomic E-state index is 0.659. The highest BCUT2D eigenvalue weighted by Crippen LogP contribution is 2.13. The van der Waals surface area contributed by atoms with Crippen molar-refractivity contribution in [1.82, 2.24) is 15.0 Å². The van der Waals surface area contributed by atoms with Crippen LogP contribution in [0.3, 0.4) is 0 Å². The van der Waals surface area contributed by atoms with Crippen LogP contribution in [0.4, 0.5) is 0 Å². The first-order chi connectivity index (χ1) is 7.69. The van der Waals surface area contributed by atoms with Crippen molar-refractivity contribution in [2.75, 3.05) is 0 Å². The third-order valence-corrected chi connectivity index (χ3v) is 2.73. The molecule has 0 aliphatic rings. The Morgan fingerprint density at radius 2 is 1.94 bits per heavy atom. The van der Waals surface area contributed by atoms with E-state index in [0.717, 1.165) is 19.4 Å². The van der Waals surface area contributed by atoms with Crippen molar-refractivity contribution >= 4 is 0 Å². The molecule has 0 aromatic carbocycles. The molecule has 92 valence electrons. The van der Waals surface area contributed by atoms with Crippen LogP contribution in [0.2, 0.25) is 0 Å². The van der Waals surface area contributed by atoms with E-state index in [0.29, 0.717) is 5.92 Å². The zero-order valence-corrected chi connectivity index (χ0v) is 11.2. The number of rotatable bonds is 7. The molecule has 3 heteroatoms. The Hall–Kier alpha value is -0.860. The fraction of sp³-hybridized carbons (Fsp3) is 0.846. The average molecular weight is 223 g/mol. The number of aryl methyl sites for hydroxylation is 1. The number of hydrogen-bond acceptors (Lipinski definition) is 2. The molecular formula is C13H25N3. The van der Waals surface area contributed by atoms with E-state index in [9.17, 15) is 0 Å². The second-order valence-electron chi connectivity index (χ2n) is 4.91. The maximum Gasteiger partial charge on any atom is 0.0861 e. The number of hydrogen-bond donors (Lipinski definition) is 0. The molecule has 0 amide bonds. The third kappa shape index (κ3) is 3.62. The second-order valence-corrected chi connectivity index (χ2v) is 4.91. The zero-order valence-electron chi connectivity index (χ0n) is 11.2. The van der Waals surface area contributed by atoms with Crippen LogP contribution < -0.4 is 0 Å². The Morgan fingerprint density at radius 1 is 1.19 bits per heavy atom. The first-order valence-electron chi connectivity index (χ1n) is 6.60. The van der Waals surface area contributed by atoms with Gasteiger partial charge in [-0.3, -0.25) is 0 Å². The summed E-state index contributed by atoms with van der Waals surface area (Å²) in [5.74, 6) is 0.659. The molecule has 0 unspecified atom stereocenters. The monoisotopic (exact) mass is 223 g/mol. The molecule has 0 spiro atoms. The van der Waals surface area contributed by atoms with Gasteiger partial charge >= 0.3 is 0 Å². The molecular weight excluding hydrogens is 198 g/mol. The van der Waals surface area contributed by atoms with Gasteiger partial charge in [0.1, 0.15) is 0 Å². The molecule has 1 heterocycles. The van der Waals surface area contributed by atoms with E-state index in [1.165, 1.54) is 30.7 Å². The molecule has 0 fully saturated rings. The minimum atomic E-state index is 0.659. The molecule has 0 N–H and O–H groups in total. The van der Waals surface area contributed by atoms with Crippen LogP contribution in [0.25, 0.3) is 0 Å². The molecule has 1 rings (SSSR count). The van der Waals surface area contributed by atoms with Gasteiger partial charge in [0.05, 0.1) is 11.4 Å². The number of aromatic nitrogens is 3. The fourth-order valence-corrected chi connectivity index (χ4v) is 1.91.